The fraction of sp³-hybridized carbons (Fsp3) is 0.182. The Labute approximate surface area is 147 Å². The van der Waals surface area contributed by atoms with Crippen LogP contribution in [0.4, 0.5) is 0 Å². The second-order valence-electron chi connectivity index (χ2n) is 6.31. The molecule has 0 fully saturated rings. The van der Waals surface area contributed by atoms with Gasteiger partial charge < -0.3 is 4.74 Å². The number of ketones is 1. The van der Waals surface area contributed by atoms with Crippen molar-refractivity contribution in [3.63, 3.8) is 0 Å². The fourth-order valence-corrected chi connectivity index (χ4v) is 2.87. The number of hydrogen-bond acceptors (Lipinski definition) is 3. The van der Waals surface area contributed by atoms with Gasteiger partial charge in [-0.3, -0.25) is 4.79 Å². The van der Waals surface area contributed by atoms with Crippen LogP contribution in [0.5, 0.6) is 0 Å². The molecule has 3 aromatic rings. The van der Waals surface area contributed by atoms with Gasteiger partial charge in [0.15, 0.2) is 6.61 Å². The highest BCUT2D eigenvalue weighted by atomic mass is 16.5. The van der Waals surface area contributed by atoms with Crippen molar-refractivity contribution in [3.05, 3.63) is 82.4 Å². The first-order valence-corrected chi connectivity index (χ1v) is 8.22. The smallest absolute Gasteiger partial charge is 0.338 e. The average molecular weight is 332 g/mol. The molecule has 0 saturated heterocycles. The third-order valence-corrected chi connectivity index (χ3v) is 4.46. The number of hydrogen-bond donors (Lipinski definition) is 0. The van der Waals surface area contributed by atoms with Gasteiger partial charge in [0.05, 0.1) is 5.56 Å². The Kier molecular flexibility index (Phi) is 4.66. The number of ether oxygens (including phenoxy) is 1. The summed E-state index contributed by atoms with van der Waals surface area (Å²) < 4.78 is 5.23. The molecule has 0 unspecified atom stereocenters. The van der Waals surface area contributed by atoms with E-state index in [0.717, 1.165) is 27.5 Å². The first kappa shape index (κ1) is 16.9. The molecule has 0 aliphatic rings. The van der Waals surface area contributed by atoms with Crippen molar-refractivity contribution >= 4 is 22.5 Å². The molecule has 0 aliphatic heterocycles. The highest BCUT2D eigenvalue weighted by molar-refractivity contribution is 6.01. The molecule has 3 aromatic carbocycles. The molecule has 0 radical (unpaired) electrons. The van der Waals surface area contributed by atoms with Crippen molar-refractivity contribution in [1.82, 2.24) is 0 Å². The number of carbonyl (C=O) groups is 2. The summed E-state index contributed by atoms with van der Waals surface area (Å²) in [6.45, 7) is 5.61. The molecule has 3 nitrogen and oxygen atoms in total. The van der Waals surface area contributed by atoms with Crippen molar-refractivity contribution < 1.29 is 14.3 Å². The second kappa shape index (κ2) is 6.89. The molecule has 0 aromatic heterocycles. The molecule has 0 amide bonds. The molecule has 3 heteroatoms. The largest absolute Gasteiger partial charge is 0.454 e. The maximum atomic E-state index is 12.4. The van der Waals surface area contributed by atoms with Crippen molar-refractivity contribution in [3.8, 4) is 0 Å². The SMILES string of the molecule is Cc1cc(C)c(C(=O)COC(=O)c2ccc3ccccc3c2)cc1C. The van der Waals surface area contributed by atoms with Crippen molar-refractivity contribution in [2.24, 2.45) is 0 Å². The number of aryl methyl sites for hydroxylation is 3. The van der Waals surface area contributed by atoms with E-state index in [4.69, 9.17) is 4.74 Å². The summed E-state index contributed by atoms with van der Waals surface area (Å²) in [6, 6.07) is 17.0. The van der Waals surface area contributed by atoms with Crippen molar-refractivity contribution in [1.29, 1.82) is 0 Å². The normalized spacial score (nSPS) is 10.7. The summed E-state index contributed by atoms with van der Waals surface area (Å²) in [5.41, 5.74) is 4.14. The zero-order valence-corrected chi connectivity index (χ0v) is 14.6. The average Bonchev–Trinajstić information content (AvgIpc) is 2.62. The van der Waals surface area contributed by atoms with E-state index in [-0.39, 0.29) is 12.4 Å². The standard InChI is InChI=1S/C22H20O3/c1-14-10-16(3)20(11-15(14)2)21(23)13-25-22(24)19-9-8-17-6-4-5-7-18(17)12-19/h4-12H,13H2,1-3H3. The van der Waals surface area contributed by atoms with E-state index in [1.54, 1.807) is 12.1 Å². The van der Waals surface area contributed by atoms with E-state index in [1.165, 1.54) is 0 Å². The third kappa shape index (κ3) is 3.61. The predicted molar refractivity (Wildman–Crippen MR) is 99.2 cm³/mol. The maximum Gasteiger partial charge on any atom is 0.338 e. The van der Waals surface area contributed by atoms with Gasteiger partial charge in [-0.15, -0.1) is 0 Å². The first-order valence-electron chi connectivity index (χ1n) is 8.22. The van der Waals surface area contributed by atoms with Gasteiger partial charge in [-0.25, -0.2) is 4.79 Å². The minimum atomic E-state index is -0.486. The van der Waals surface area contributed by atoms with Crippen LogP contribution in [-0.2, 0) is 4.74 Å². The lowest BCUT2D eigenvalue weighted by molar-refractivity contribution is 0.0474. The molecule has 0 saturated carbocycles. The van der Waals surface area contributed by atoms with Crippen LogP contribution < -0.4 is 0 Å². The van der Waals surface area contributed by atoms with Crippen LogP contribution in [0.2, 0.25) is 0 Å². The molecular weight excluding hydrogens is 312 g/mol. The Morgan fingerprint density at radius 3 is 2.24 bits per heavy atom. The number of Topliss-reactive ketones (excluding diaryl/α,β-unsaturated/α-hetero) is 1. The first-order chi connectivity index (χ1) is 12.0. The van der Waals surface area contributed by atoms with Gasteiger partial charge in [-0.2, -0.15) is 0 Å². The van der Waals surface area contributed by atoms with Crippen LogP contribution in [0.3, 0.4) is 0 Å². The third-order valence-electron chi connectivity index (χ3n) is 4.46. The molecule has 25 heavy (non-hydrogen) atoms. The van der Waals surface area contributed by atoms with Gasteiger partial charge in [-0.05, 0) is 66.4 Å². The topological polar surface area (TPSA) is 43.4 Å². The monoisotopic (exact) mass is 332 g/mol. The number of benzene rings is 3. The molecule has 0 atom stereocenters. The summed E-state index contributed by atoms with van der Waals surface area (Å²) in [4.78, 5) is 24.7. The van der Waals surface area contributed by atoms with Crippen LogP contribution in [-0.4, -0.2) is 18.4 Å². The highest BCUT2D eigenvalue weighted by Crippen LogP contribution is 2.18. The summed E-state index contributed by atoms with van der Waals surface area (Å²) in [5, 5.41) is 2.02. The minimum Gasteiger partial charge on any atom is -0.454 e. The van der Waals surface area contributed by atoms with Gasteiger partial charge in [-0.1, -0.05) is 36.4 Å². The molecule has 0 bridgehead atoms. The Bertz CT molecular complexity index is 970. The van der Waals surface area contributed by atoms with Gasteiger partial charge in [0.2, 0.25) is 5.78 Å². The molecule has 126 valence electrons. The van der Waals surface area contributed by atoms with Gasteiger partial charge in [0, 0.05) is 5.56 Å². The molecule has 0 aliphatic carbocycles. The van der Waals surface area contributed by atoms with Crippen LogP contribution in [0, 0.1) is 20.8 Å². The minimum absolute atomic E-state index is 0.185. The zero-order valence-electron chi connectivity index (χ0n) is 14.6. The lowest BCUT2D eigenvalue weighted by Crippen LogP contribution is -2.15. The van der Waals surface area contributed by atoms with E-state index in [1.807, 2.05) is 63.2 Å². The Morgan fingerprint density at radius 1 is 0.800 bits per heavy atom. The van der Waals surface area contributed by atoms with E-state index in [0.29, 0.717) is 11.1 Å². The number of esters is 1. The molecule has 0 N–H and O–H groups in total. The maximum absolute atomic E-state index is 12.4. The summed E-state index contributed by atoms with van der Waals surface area (Å²) in [7, 11) is 0. The molecular formula is C22H20O3. The van der Waals surface area contributed by atoms with Crippen molar-refractivity contribution in [2.75, 3.05) is 6.61 Å². The highest BCUT2D eigenvalue weighted by Gasteiger charge is 2.15. The quantitative estimate of drug-likeness (QED) is 0.509. The Balaban J connectivity index is 1.73. The number of rotatable bonds is 4. The van der Waals surface area contributed by atoms with Gasteiger partial charge in [0.1, 0.15) is 0 Å². The van der Waals surface area contributed by atoms with Gasteiger partial charge in [0.25, 0.3) is 0 Å². The van der Waals surface area contributed by atoms with E-state index in [2.05, 4.69) is 0 Å². The molecule has 3 rings (SSSR count). The van der Waals surface area contributed by atoms with Crippen LogP contribution in [0.15, 0.2) is 54.6 Å². The van der Waals surface area contributed by atoms with Crippen LogP contribution in [0.25, 0.3) is 10.8 Å². The lowest BCUT2D eigenvalue weighted by Gasteiger charge is -2.10. The second-order valence-corrected chi connectivity index (χ2v) is 6.31. The summed E-state index contributed by atoms with van der Waals surface area (Å²) in [5.74, 6) is -0.671. The molecule has 0 heterocycles. The number of fused-ring (bicyclic) bond motifs is 1. The Hall–Kier alpha value is -2.94. The van der Waals surface area contributed by atoms with E-state index in [9.17, 15) is 9.59 Å². The van der Waals surface area contributed by atoms with Crippen molar-refractivity contribution in [2.45, 2.75) is 20.8 Å². The lowest BCUT2D eigenvalue weighted by atomic mass is 9.98. The van der Waals surface area contributed by atoms with Gasteiger partial charge >= 0.3 is 5.97 Å². The fourth-order valence-electron chi connectivity index (χ4n) is 2.87. The Morgan fingerprint density at radius 2 is 1.48 bits per heavy atom. The van der Waals surface area contributed by atoms with E-state index < -0.39 is 5.97 Å². The van der Waals surface area contributed by atoms with E-state index >= 15 is 0 Å². The summed E-state index contributed by atoms with van der Waals surface area (Å²) in [6.07, 6.45) is 0. The van der Waals surface area contributed by atoms with Crippen LogP contribution >= 0.6 is 0 Å². The number of carbonyl (C=O) groups excluding carboxylic acids is 2. The zero-order chi connectivity index (χ0) is 18.0. The molecule has 0 spiro atoms. The predicted octanol–water partition coefficient (Wildman–Crippen LogP) is 4.80. The van der Waals surface area contributed by atoms with Crippen LogP contribution in [0.1, 0.15) is 37.4 Å². The summed E-state index contributed by atoms with van der Waals surface area (Å²) >= 11 is 0.